The van der Waals surface area contributed by atoms with E-state index >= 15 is 0 Å². The molecular formula is C28H28FN3O2S. The van der Waals surface area contributed by atoms with Crippen LogP contribution in [0.4, 0.5) is 4.39 Å². The number of rotatable bonds is 6. The SMILES string of the molecule is C[C@H](c1ccc(F)cc1)n1c(C(=O)N2CCC(C(=O)NCc3ccccc3)CC2)cc2sccc21. The molecule has 1 atom stereocenters. The summed E-state index contributed by atoms with van der Waals surface area (Å²) in [7, 11) is 0. The van der Waals surface area contributed by atoms with Crippen molar-refractivity contribution in [1.29, 1.82) is 0 Å². The van der Waals surface area contributed by atoms with Crippen LogP contribution in [0.1, 0.15) is 47.4 Å². The molecule has 1 N–H and O–H groups in total. The van der Waals surface area contributed by atoms with Gasteiger partial charge in [0.15, 0.2) is 0 Å². The van der Waals surface area contributed by atoms with Crippen molar-refractivity contribution < 1.29 is 14.0 Å². The molecule has 2 aromatic carbocycles. The largest absolute Gasteiger partial charge is 0.352 e. The molecule has 0 radical (unpaired) electrons. The van der Waals surface area contributed by atoms with Crippen LogP contribution in [0.5, 0.6) is 0 Å². The predicted molar refractivity (Wildman–Crippen MR) is 137 cm³/mol. The number of piperidine rings is 1. The molecule has 1 aliphatic heterocycles. The van der Waals surface area contributed by atoms with E-state index < -0.39 is 0 Å². The molecule has 3 heterocycles. The Morgan fingerprint density at radius 1 is 1.06 bits per heavy atom. The fourth-order valence-electron chi connectivity index (χ4n) is 4.85. The van der Waals surface area contributed by atoms with Gasteiger partial charge in [0, 0.05) is 25.6 Å². The average Bonchev–Trinajstić information content (AvgIpc) is 3.49. The standard InChI is InChI=1S/C28H28FN3O2S/c1-19(21-7-9-23(29)10-8-21)32-24-13-16-35-26(24)17-25(32)28(34)31-14-11-22(12-15-31)27(33)30-18-20-5-3-2-4-6-20/h2-10,13,16-17,19,22H,11-12,14-15,18H2,1H3,(H,30,33)/t19-/m1/s1. The number of amides is 2. The number of benzene rings is 2. The first kappa shape index (κ1) is 23.3. The zero-order chi connectivity index (χ0) is 24.4. The number of likely N-dealkylation sites (tertiary alicyclic amines) is 1. The fraction of sp³-hybridized carbons (Fsp3) is 0.286. The van der Waals surface area contributed by atoms with Crippen LogP contribution in [0.15, 0.2) is 72.1 Å². The first-order chi connectivity index (χ1) is 17.0. The monoisotopic (exact) mass is 489 g/mol. The van der Waals surface area contributed by atoms with E-state index in [4.69, 9.17) is 0 Å². The first-order valence-electron chi connectivity index (χ1n) is 12.0. The highest BCUT2D eigenvalue weighted by Crippen LogP contribution is 2.32. The minimum atomic E-state index is -0.277. The quantitative estimate of drug-likeness (QED) is 0.382. The zero-order valence-corrected chi connectivity index (χ0v) is 20.4. The maximum atomic E-state index is 13.6. The van der Waals surface area contributed by atoms with E-state index in [1.165, 1.54) is 12.1 Å². The molecule has 5 nitrogen and oxygen atoms in total. The molecule has 7 heteroatoms. The number of hydrogen-bond donors (Lipinski definition) is 1. The lowest BCUT2D eigenvalue weighted by atomic mass is 9.95. The summed E-state index contributed by atoms with van der Waals surface area (Å²) in [5.74, 6) is -0.336. The van der Waals surface area contributed by atoms with E-state index in [-0.39, 0.29) is 29.6 Å². The Bertz CT molecular complexity index is 1320. The van der Waals surface area contributed by atoms with Gasteiger partial charge in [-0.1, -0.05) is 42.5 Å². The van der Waals surface area contributed by atoms with Crippen molar-refractivity contribution in [1.82, 2.24) is 14.8 Å². The third-order valence-electron chi connectivity index (χ3n) is 6.88. The molecule has 0 saturated carbocycles. The Morgan fingerprint density at radius 3 is 2.49 bits per heavy atom. The maximum absolute atomic E-state index is 13.6. The predicted octanol–water partition coefficient (Wildman–Crippen LogP) is 5.62. The highest BCUT2D eigenvalue weighted by molar-refractivity contribution is 7.17. The average molecular weight is 490 g/mol. The van der Waals surface area contributed by atoms with Crippen LogP contribution >= 0.6 is 11.3 Å². The normalized spacial score (nSPS) is 15.3. The molecular weight excluding hydrogens is 461 g/mol. The second-order valence-electron chi connectivity index (χ2n) is 9.07. The molecule has 35 heavy (non-hydrogen) atoms. The molecule has 2 amide bonds. The summed E-state index contributed by atoms with van der Waals surface area (Å²) in [6, 6.07) is 20.2. The smallest absolute Gasteiger partial charge is 0.270 e. The third-order valence-corrected chi connectivity index (χ3v) is 7.73. The molecule has 0 aliphatic carbocycles. The summed E-state index contributed by atoms with van der Waals surface area (Å²) in [6.07, 6.45) is 1.30. The Labute approximate surface area is 208 Å². The summed E-state index contributed by atoms with van der Waals surface area (Å²) < 4.78 is 16.6. The van der Waals surface area contributed by atoms with E-state index in [1.54, 1.807) is 23.5 Å². The molecule has 1 aliphatic rings. The molecule has 5 rings (SSSR count). The maximum Gasteiger partial charge on any atom is 0.270 e. The number of carbonyl (C=O) groups excluding carboxylic acids is 2. The molecule has 0 unspecified atom stereocenters. The lowest BCUT2D eigenvalue weighted by Crippen LogP contribution is -2.43. The molecule has 0 bridgehead atoms. The molecule has 0 spiro atoms. The van der Waals surface area contributed by atoms with Crippen LogP contribution < -0.4 is 5.32 Å². The minimum Gasteiger partial charge on any atom is -0.352 e. The van der Waals surface area contributed by atoms with E-state index in [9.17, 15) is 14.0 Å². The molecule has 1 fully saturated rings. The molecule has 4 aromatic rings. The first-order valence-corrected chi connectivity index (χ1v) is 12.8. The number of thiophene rings is 1. The third kappa shape index (κ3) is 4.86. The van der Waals surface area contributed by atoms with E-state index in [0.717, 1.165) is 21.3 Å². The molecule has 2 aromatic heterocycles. The summed E-state index contributed by atoms with van der Waals surface area (Å²) in [5, 5.41) is 5.05. The number of nitrogens with one attached hydrogen (secondary N) is 1. The van der Waals surface area contributed by atoms with Crippen molar-refractivity contribution in [3.05, 3.63) is 94.7 Å². The van der Waals surface area contributed by atoms with Crippen LogP contribution in [-0.2, 0) is 11.3 Å². The Kier molecular flexibility index (Phi) is 6.68. The summed E-state index contributed by atoms with van der Waals surface area (Å²) in [4.78, 5) is 28.2. The van der Waals surface area contributed by atoms with Gasteiger partial charge in [0.2, 0.25) is 5.91 Å². The van der Waals surface area contributed by atoms with Crippen LogP contribution in [0.3, 0.4) is 0 Å². The van der Waals surface area contributed by atoms with Gasteiger partial charge >= 0.3 is 0 Å². The topological polar surface area (TPSA) is 54.3 Å². The lowest BCUT2D eigenvalue weighted by Gasteiger charge is -2.32. The Balaban J connectivity index is 1.28. The van der Waals surface area contributed by atoms with Gasteiger partial charge in [-0.2, -0.15) is 0 Å². The van der Waals surface area contributed by atoms with Gasteiger partial charge in [0.1, 0.15) is 11.5 Å². The van der Waals surface area contributed by atoms with E-state index in [2.05, 4.69) is 9.88 Å². The molecule has 180 valence electrons. The van der Waals surface area contributed by atoms with E-state index in [0.29, 0.717) is 38.2 Å². The highest BCUT2D eigenvalue weighted by Gasteiger charge is 2.30. The second kappa shape index (κ2) is 10.0. The lowest BCUT2D eigenvalue weighted by molar-refractivity contribution is -0.126. The second-order valence-corrected chi connectivity index (χ2v) is 10.0. The number of nitrogens with zero attached hydrogens (tertiary/aromatic N) is 2. The van der Waals surface area contributed by atoms with Gasteiger partial charge in [-0.3, -0.25) is 9.59 Å². The van der Waals surface area contributed by atoms with Crippen molar-refractivity contribution in [2.45, 2.75) is 32.4 Å². The van der Waals surface area contributed by atoms with Crippen LogP contribution in [0, 0.1) is 11.7 Å². The van der Waals surface area contributed by atoms with Crippen molar-refractivity contribution in [2.24, 2.45) is 5.92 Å². The van der Waals surface area contributed by atoms with Gasteiger partial charge in [-0.15, -0.1) is 11.3 Å². The van der Waals surface area contributed by atoms with Crippen molar-refractivity contribution in [2.75, 3.05) is 13.1 Å². The van der Waals surface area contributed by atoms with Crippen molar-refractivity contribution in [3.8, 4) is 0 Å². The zero-order valence-electron chi connectivity index (χ0n) is 19.6. The van der Waals surface area contributed by atoms with Gasteiger partial charge in [-0.25, -0.2) is 4.39 Å². The van der Waals surface area contributed by atoms with Gasteiger partial charge in [0.05, 0.1) is 16.3 Å². The summed E-state index contributed by atoms with van der Waals surface area (Å²) in [6.45, 7) is 3.65. The van der Waals surface area contributed by atoms with Crippen molar-refractivity contribution >= 4 is 33.4 Å². The fourth-order valence-corrected chi connectivity index (χ4v) is 5.66. The number of hydrogen-bond acceptors (Lipinski definition) is 3. The van der Waals surface area contributed by atoms with Crippen LogP contribution in [0.2, 0.25) is 0 Å². The number of halogens is 1. The molecule has 1 saturated heterocycles. The van der Waals surface area contributed by atoms with Gasteiger partial charge < -0.3 is 14.8 Å². The van der Waals surface area contributed by atoms with E-state index in [1.807, 2.05) is 59.7 Å². The van der Waals surface area contributed by atoms with Crippen molar-refractivity contribution in [3.63, 3.8) is 0 Å². The highest BCUT2D eigenvalue weighted by atomic mass is 32.1. The van der Waals surface area contributed by atoms with Crippen LogP contribution in [0.25, 0.3) is 10.2 Å². The van der Waals surface area contributed by atoms with Gasteiger partial charge in [0.25, 0.3) is 5.91 Å². The number of carbonyl (C=O) groups is 2. The summed E-state index contributed by atoms with van der Waals surface area (Å²) in [5.41, 5.74) is 3.66. The van der Waals surface area contributed by atoms with Gasteiger partial charge in [-0.05, 0) is 60.5 Å². The Hall–Kier alpha value is -3.45. The Morgan fingerprint density at radius 2 is 1.77 bits per heavy atom. The number of aromatic nitrogens is 1. The number of fused-ring (bicyclic) bond motifs is 1. The minimum absolute atomic E-state index is 0.0227. The van der Waals surface area contributed by atoms with Crippen LogP contribution in [-0.4, -0.2) is 34.4 Å². The summed E-state index contributed by atoms with van der Waals surface area (Å²) >= 11 is 1.60.